The number of fused-ring (bicyclic) bond motifs is 14. The minimum atomic E-state index is -0.328. The molecule has 3 unspecified atom stereocenters. The van der Waals surface area contributed by atoms with Gasteiger partial charge in [-0.3, -0.25) is 0 Å². The van der Waals surface area contributed by atoms with E-state index in [0.717, 1.165) is 63.6 Å². The molecule has 0 radical (unpaired) electrons. The fourth-order valence-corrected chi connectivity index (χ4v) is 10.7. The van der Waals surface area contributed by atoms with Gasteiger partial charge >= 0.3 is 0 Å². The van der Waals surface area contributed by atoms with Gasteiger partial charge in [-0.05, 0) is 70.5 Å². The molecule has 0 spiro atoms. The van der Waals surface area contributed by atoms with E-state index in [1.54, 1.807) is 0 Å². The van der Waals surface area contributed by atoms with Crippen LogP contribution in [0.3, 0.4) is 0 Å². The summed E-state index contributed by atoms with van der Waals surface area (Å²) in [5.74, 6) is 0.755. The average Bonchev–Trinajstić information content (AvgIpc) is 3.90. The van der Waals surface area contributed by atoms with Crippen molar-refractivity contribution in [1.82, 2.24) is 0 Å². The van der Waals surface area contributed by atoms with Crippen LogP contribution in [0.15, 0.2) is 167 Å². The highest BCUT2D eigenvalue weighted by Crippen LogP contribution is 2.59. The zero-order chi connectivity index (χ0) is 37.1. The van der Waals surface area contributed by atoms with Crippen LogP contribution in [0, 0.1) is 11.8 Å². The van der Waals surface area contributed by atoms with E-state index < -0.39 is 0 Å². The molecular weight excluding hydrogens is 683 g/mol. The Hall–Kier alpha value is -6.32. The monoisotopic (exact) mass is 723 g/mol. The Kier molecular flexibility index (Phi) is 6.76. The number of allylic oxidation sites excluding steroid dienone is 9. The fraction of sp³-hybridized carbons (Fsp3) is 0.170. The highest BCUT2D eigenvalue weighted by atomic mass is 16.3. The topological polar surface area (TPSA) is 29.5 Å². The largest absolute Gasteiger partial charge is 0.455 e. The summed E-state index contributed by atoms with van der Waals surface area (Å²) < 4.78 is 14.1. The summed E-state index contributed by atoms with van der Waals surface area (Å²) >= 11 is 0. The molecule has 2 heterocycles. The van der Waals surface area contributed by atoms with Crippen molar-refractivity contribution in [3.05, 3.63) is 175 Å². The van der Waals surface area contributed by atoms with E-state index in [0.29, 0.717) is 11.8 Å². The predicted molar refractivity (Wildman–Crippen MR) is 234 cm³/mol. The molecule has 4 aliphatic carbocycles. The van der Waals surface area contributed by atoms with Crippen molar-refractivity contribution in [3.8, 4) is 11.1 Å². The second-order valence-corrected chi connectivity index (χ2v) is 16.6. The number of benzene rings is 6. The van der Waals surface area contributed by atoms with Crippen LogP contribution >= 0.6 is 0 Å². The first-order valence-electron chi connectivity index (χ1n) is 20.2. The maximum absolute atomic E-state index is 7.32. The van der Waals surface area contributed by atoms with Crippen LogP contribution in [-0.2, 0) is 5.41 Å². The summed E-state index contributed by atoms with van der Waals surface area (Å²) in [5, 5.41) is 7.22. The van der Waals surface area contributed by atoms with Crippen molar-refractivity contribution in [1.29, 1.82) is 0 Å². The van der Waals surface area contributed by atoms with Gasteiger partial charge in [-0.1, -0.05) is 153 Å². The maximum atomic E-state index is 7.32. The third kappa shape index (κ3) is 4.40. The number of hydrogen-bond acceptors (Lipinski definition) is 3. The van der Waals surface area contributed by atoms with Crippen molar-refractivity contribution in [3.63, 3.8) is 0 Å². The standard InChI is InChI=1S/C53H41NO2/c1-53(2)48-41(24-14-26-43(48)54(35-17-4-3-5-18-35)44-27-13-23-40-37-19-10-11-28-45(37)55-51(40)44)47-49(53)39-21-9-8-20-38(39)46-42-25-12-22-36(50(42)56-52(46)47)34-30-29-32-15-6-7-16-33(32)31-34/h3-4,6-16,19-33,35H,5,17-18H2,1-2H3. The Morgan fingerprint density at radius 2 is 1.32 bits per heavy atom. The first-order chi connectivity index (χ1) is 27.6. The lowest BCUT2D eigenvalue weighted by molar-refractivity contribution is 0.580. The van der Waals surface area contributed by atoms with Gasteiger partial charge in [-0.2, -0.15) is 0 Å². The number of anilines is 2. The lowest BCUT2D eigenvalue weighted by atomic mass is 9.78. The van der Waals surface area contributed by atoms with E-state index in [-0.39, 0.29) is 11.5 Å². The normalized spacial score (nSPS) is 20.6. The Morgan fingerprint density at radius 1 is 0.589 bits per heavy atom. The smallest absolute Gasteiger partial charge is 0.159 e. The van der Waals surface area contributed by atoms with E-state index >= 15 is 0 Å². The lowest BCUT2D eigenvalue weighted by Crippen LogP contribution is -2.34. The van der Waals surface area contributed by atoms with Gasteiger partial charge in [0.1, 0.15) is 16.7 Å². The molecule has 3 atom stereocenters. The molecule has 0 fully saturated rings. The van der Waals surface area contributed by atoms with Crippen LogP contribution in [0.25, 0.3) is 71.3 Å². The van der Waals surface area contributed by atoms with Gasteiger partial charge in [-0.15, -0.1) is 0 Å². The molecule has 0 N–H and O–H groups in total. The van der Waals surface area contributed by atoms with Gasteiger partial charge in [0.25, 0.3) is 0 Å². The van der Waals surface area contributed by atoms with Crippen LogP contribution in [0.5, 0.6) is 0 Å². The van der Waals surface area contributed by atoms with Crippen molar-refractivity contribution in [2.24, 2.45) is 11.8 Å². The third-order valence-corrected chi connectivity index (χ3v) is 13.1. The molecule has 2 aromatic heterocycles. The molecule has 0 aliphatic heterocycles. The summed E-state index contributed by atoms with van der Waals surface area (Å²) in [6.45, 7) is 4.85. The SMILES string of the molecule is CC1(C)c2c(cccc2N(c2cccc3c2oc2ccccc23)C2CC=CCC2)-c2c1c1ccccc1c1c2oc2c(C3=CC4C=CC=CC4C=C3)cccc21. The third-order valence-electron chi connectivity index (χ3n) is 13.1. The molecule has 0 bridgehead atoms. The molecule has 3 nitrogen and oxygen atoms in total. The van der Waals surface area contributed by atoms with Gasteiger partial charge in [-0.25, -0.2) is 0 Å². The van der Waals surface area contributed by atoms with Gasteiger partial charge in [0.15, 0.2) is 5.58 Å². The highest BCUT2D eigenvalue weighted by molar-refractivity contribution is 6.26. The molecule has 0 amide bonds. The minimum absolute atomic E-state index is 0.279. The van der Waals surface area contributed by atoms with Crippen LogP contribution in [0.2, 0.25) is 0 Å². The number of rotatable bonds is 4. The molecular formula is C53H41NO2. The molecule has 12 rings (SSSR count). The molecule has 6 aromatic carbocycles. The van der Waals surface area contributed by atoms with E-state index in [2.05, 4.69) is 177 Å². The number of furan rings is 2. The molecule has 4 aliphatic rings. The summed E-state index contributed by atoms with van der Waals surface area (Å²) in [7, 11) is 0. The van der Waals surface area contributed by atoms with Crippen molar-refractivity contribution < 1.29 is 8.83 Å². The summed E-state index contributed by atoms with van der Waals surface area (Å²) in [5.41, 5.74) is 13.4. The van der Waals surface area contributed by atoms with Crippen molar-refractivity contribution >= 4 is 71.6 Å². The van der Waals surface area contributed by atoms with Gasteiger partial charge in [0.2, 0.25) is 0 Å². The number of hydrogen-bond donors (Lipinski definition) is 0. The Labute approximate surface area is 326 Å². The first-order valence-corrected chi connectivity index (χ1v) is 20.2. The molecule has 0 saturated carbocycles. The molecule has 3 heteroatoms. The number of para-hydroxylation sites is 3. The zero-order valence-corrected chi connectivity index (χ0v) is 31.6. The maximum Gasteiger partial charge on any atom is 0.159 e. The van der Waals surface area contributed by atoms with Crippen LogP contribution in [0.4, 0.5) is 11.4 Å². The molecule has 56 heavy (non-hydrogen) atoms. The lowest BCUT2D eigenvalue weighted by Gasteiger charge is -2.38. The summed E-state index contributed by atoms with van der Waals surface area (Å²) in [4.78, 5) is 2.63. The second kappa shape index (κ2) is 11.8. The molecule has 0 saturated heterocycles. The zero-order valence-electron chi connectivity index (χ0n) is 31.6. The van der Waals surface area contributed by atoms with Crippen LogP contribution in [-0.4, -0.2) is 6.04 Å². The van der Waals surface area contributed by atoms with Crippen LogP contribution < -0.4 is 4.90 Å². The van der Waals surface area contributed by atoms with E-state index in [1.165, 1.54) is 55.1 Å². The van der Waals surface area contributed by atoms with E-state index in [9.17, 15) is 0 Å². The van der Waals surface area contributed by atoms with Crippen LogP contribution in [0.1, 0.15) is 49.8 Å². The molecule has 8 aromatic rings. The van der Waals surface area contributed by atoms with Gasteiger partial charge in [0, 0.05) is 61.7 Å². The Balaban J connectivity index is 1.13. The Morgan fingerprint density at radius 3 is 2.20 bits per heavy atom. The van der Waals surface area contributed by atoms with E-state index in [4.69, 9.17) is 8.83 Å². The van der Waals surface area contributed by atoms with E-state index in [1.807, 2.05) is 0 Å². The fourth-order valence-electron chi connectivity index (χ4n) is 10.7. The highest BCUT2D eigenvalue weighted by Gasteiger charge is 2.43. The second-order valence-electron chi connectivity index (χ2n) is 16.6. The number of nitrogens with zero attached hydrogens (tertiary/aromatic N) is 1. The van der Waals surface area contributed by atoms with Gasteiger partial charge in [0.05, 0.1) is 5.69 Å². The minimum Gasteiger partial charge on any atom is -0.455 e. The quantitative estimate of drug-likeness (QED) is 0.169. The van der Waals surface area contributed by atoms with Gasteiger partial charge < -0.3 is 13.7 Å². The molecule has 270 valence electrons. The van der Waals surface area contributed by atoms with Crippen molar-refractivity contribution in [2.75, 3.05) is 4.90 Å². The summed E-state index contributed by atoms with van der Waals surface area (Å²) in [6.07, 6.45) is 23.8. The predicted octanol–water partition coefficient (Wildman–Crippen LogP) is 14.5. The Bertz CT molecular complexity index is 3120. The van der Waals surface area contributed by atoms with Crippen molar-refractivity contribution in [2.45, 2.75) is 44.6 Å². The summed E-state index contributed by atoms with van der Waals surface area (Å²) in [6, 6.07) is 38.0. The average molecular weight is 724 g/mol. The first kappa shape index (κ1) is 32.0.